The quantitative estimate of drug-likeness (QED) is 0.677. The van der Waals surface area contributed by atoms with E-state index in [1.807, 2.05) is 25.1 Å². The number of morpholine rings is 1. The van der Waals surface area contributed by atoms with Gasteiger partial charge in [-0.1, -0.05) is 12.1 Å². The molecule has 1 aliphatic heterocycles. The molecule has 28 heavy (non-hydrogen) atoms. The van der Waals surface area contributed by atoms with Crippen molar-refractivity contribution < 1.29 is 19.0 Å². The van der Waals surface area contributed by atoms with Gasteiger partial charge in [0.1, 0.15) is 23.2 Å². The van der Waals surface area contributed by atoms with Gasteiger partial charge >= 0.3 is 0 Å². The first kappa shape index (κ1) is 18.6. The fourth-order valence-electron chi connectivity index (χ4n) is 3.42. The average molecular weight is 384 g/mol. The Hall–Kier alpha value is -2.77. The summed E-state index contributed by atoms with van der Waals surface area (Å²) in [6.07, 6.45) is 0. The summed E-state index contributed by atoms with van der Waals surface area (Å²) >= 11 is 0. The molecular formula is C21H24N2O5. The normalized spacial score (nSPS) is 14.9. The number of phenolic OH excluding ortho intramolecular Hbond substituents is 1. The molecule has 7 nitrogen and oxygen atoms in total. The second kappa shape index (κ2) is 7.69. The highest BCUT2D eigenvalue weighted by Crippen LogP contribution is 2.43. The Bertz CT molecular complexity index is 1050. The third-order valence-electron chi connectivity index (χ3n) is 4.91. The van der Waals surface area contributed by atoms with Crippen LogP contribution < -0.4 is 15.1 Å². The second-order valence-corrected chi connectivity index (χ2v) is 7.13. The van der Waals surface area contributed by atoms with Crippen LogP contribution >= 0.6 is 0 Å². The van der Waals surface area contributed by atoms with E-state index in [9.17, 15) is 9.90 Å². The number of aromatic hydroxyl groups is 1. The molecule has 0 atom stereocenters. The number of ether oxygens (including phenoxy) is 2. The minimum atomic E-state index is -0.264. The summed E-state index contributed by atoms with van der Waals surface area (Å²) in [6.45, 7) is 3.61. The average Bonchev–Trinajstić information content (AvgIpc) is 2.70. The Balaban J connectivity index is 1.91. The van der Waals surface area contributed by atoms with Gasteiger partial charge in [0, 0.05) is 25.7 Å². The van der Waals surface area contributed by atoms with Gasteiger partial charge in [-0.15, -0.1) is 0 Å². The van der Waals surface area contributed by atoms with E-state index in [0.717, 1.165) is 0 Å². The van der Waals surface area contributed by atoms with Crippen molar-refractivity contribution in [2.24, 2.45) is 0 Å². The number of anilines is 1. The number of hydrogen-bond donors (Lipinski definition) is 1. The number of hydrogen-bond acceptors (Lipinski definition) is 7. The molecule has 1 aromatic heterocycles. The summed E-state index contributed by atoms with van der Waals surface area (Å²) in [5.74, 6) is 0.149. The molecule has 3 aromatic rings. The molecule has 0 unspecified atom stereocenters. The van der Waals surface area contributed by atoms with Crippen LogP contribution in [0.3, 0.4) is 0 Å². The van der Waals surface area contributed by atoms with Crippen LogP contribution in [0.1, 0.15) is 0 Å². The molecular weight excluding hydrogens is 360 g/mol. The molecule has 148 valence electrons. The predicted molar refractivity (Wildman–Crippen MR) is 109 cm³/mol. The molecule has 0 saturated carbocycles. The highest BCUT2D eigenvalue weighted by Gasteiger charge is 2.24. The zero-order valence-electron chi connectivity index (χ0n) is 16.1. The summed E-state index contributed by atoms with van der Waals surface area (Å²) in [6, 6.07) is 8.84. The standard InChI is InChI=1S/C21H24N2O5/c1-22(2)7-12-27-21-15(23-8-10-26-11-9-23)13-17-18(20(21)25)19(24)14-5-3-4-6-16(14)28-17/h3-6,13,25H,7-12H2,1-2H3. The number of benzene rings is 2. The van der Waals surface area contributed by atoms with E-state index in [2.05, 4.69) is 4.90 Å². The molecule has 1 aliphatic rings. The molecule has 1 saturated heterocycles. The lowest BCUT2D eigenvalue weighted by atomic mass is 10.1. The monoisotopic (exact) mass is 384 g/mol. The van der Waals surface area contributed by atoms with Gasteiger partial charge in [0.15, 0.2) is 11.5 Å². The Morgan fingerprint density at radius 1 is 1.18 bits per heavy atom. The van der Waals surface area contributed by atoms with Gasteiger partial charge in [0.2, 0.25) is 5.43 Å². The van der Waals surface area contributed by atoms with E-state index < -0.39 is 0 Å². The first-order valence-corrected chi connectivity index (χ1v) is 9.38. The largest absolute Gasteiger partial charge is 0.504 e. The summed E-state index contributed by atoms with van der Waals surface area (Å²) in [5.41, 5.74) is 1.29. The molecule has 4 rings (SSSR count). The van der Waals surface area contributed by atoms with Crippen molar-refractivity contribution in [3.63, 3.8) is 0 Å². The fourth-order valence-corrected chi connectivity index (χ4v) is 3.42. The lowest BCUT2D eigenvalue weighted by Gasteiger charge is -2.30. The molecule has 7 heteroatoms. The van der Waals surface area contributed by atoms with Gasteiger partial charge in [-0.25, -0.2) is 0 Å². The van der Waals surface area contributed by atoms with Crippen LogP contribution in [0.4, 0.5) is 5.69 Å². The number of nitrogens with zero attached hydrogens (tertiary/aromatic N) is 2. The Labute approximate surface area is 162 Å². The molecule has 0 spiro atoms. The van der Waals surface area contributed by atoms with E-state index in [1.165, 1.54) is 0 Å². The number of para-hydroxylation sites is 1. The zero-order chi connectivity index (χ0) is 19.7. The van der Waals surface area contributed by atoms with Crippen molar-refractivity contribution in [2.45, 2.75) is 0 Å². The van der Waals surface area contributed by atoms with Gasteiger partial charge < -0.3 is 28.8 Å². The number of likely N-dealkylation sites (N-methyl/N-ethyl adjacent to an activating group) is 1. The summed E-state index contributed by atoms with van der Waals surface area (Å²) < 4.78 is 17.4. The molecule has 2 aromatic carbocycles. The van der Waals surface area contributed by atoms with E-state index in [1.54, 1.807) is 24.3 Å². The van der Waals surface area contributed by atoms with Gasteiger partial charge in [-0.3, -0.25) is 4.79 Å². The van der Waals surface area contributed by atoms with Crippen LogP contribution in [0.15, 0.2) is 39.5 Å². The van der Waals surface area contributed by atoms with Crippen molar-refractivity contribution in [2.75, 3.05) is 58.5 Å². The number of fused-ring (bicyclic) bond motifs is 2. The van der Waals surface area contributed by atoms with Crippen LogP contribution in [0, 0.1) is 0 Å². The van der Waals surface area contributed by atoms with Crippen LogP contribution in [0.5, 0.6) is 11.5 Å². The van der Waals surface area contributed by atoms with E-state index in [4.69, 9.17) is 13.9 Å². The van der Waals surface area contributed by atoms with Crippen molar-refractivity contribution in [3.8, 4) is 11.5 Å². The number of rotatable bonds is 5. The van der Waals surface area contributed by atoms with E-state index >= 15 is 0 Å². The second-order valence-electron chi connectivity index (χ2n) is 7.13. The van der Waals surface area contributed by atoms with Gasteiger partial charge in [-0.2, -0.15) is 0 Å². The van der Waals surface area contributed by atoms with Crippen LogP contribution in [-0.4, -0.2) is 63.6 Å². The minimum Gasteiger partial charge on any atom is -0.504 e. The summed E-state index contributed by atoms with van der Waals surface area (Å²) in [5, 5.41) is 11.6. The van der Waals surface area contributed by atoms with Crippen LogP contribution in [0.2, 0.25) is 0 Å². The Morgan fingerprint density at radius 3 is 2.68 bits per heavy atom. The van der Waals surface area contributed by atoms with Gasteiger partial charge in [0.05, 0.1) is 24.3 Å². The molecule has 0 bridgehead atoms. The lowest BCUT2D eigenvalue weighted by molar-refractivity contribution is 0.122. The molecule has 0 aliphatic carbocycles. The fraction of sp³-hybridized carbons (Fsp3) is 0.381. The van der Waals surface area contributed by atoms with Gasteiger partial charge in [-0.05, 0) is 26.2 Å². The van der Waals surface area contributed by atoms with Gasteiger partial charge in [0.25, 0.3) is 0 Å². The molecule has 0 amide bonds. The predicted octanol–water partition coefficient (Wildman–Crippen LogP) is 2.43. The van der Waals surface area contributed by atoms with E-state index in [-0.39, 0.29) is 16.6 Å². The third-order valence-corrected chi connectivity index (χ3v) is 4.91. The maximum Gasteiger partial charge on any atom is 0.204 e. The zero-order valence-corrected chi connectivity index (χ0v) is 16.1. The maximum atomic E-state index is 13.0. The Morgan fingerprint density at radius 2 is 1.93 bits per heavy atom. The van der Waals surface area contributed by atoms with Crippen molar-refractivity contribution in [3.05, 3.63) is 40.6 Å². The number of phenols is 1. The molecule has 1 N–H and O–H groups in total. The van der Waals surface area contributed by atoms with Crippen LogP contribution in [-0.2, 0) is 4.74 Å². The molecule has 0 radical (unpaired) electrons. The molecule has 2 heterocycles. The summed E-state index contributed by atoms with van der Waals surface area (Å²) in [4.78, 5) is 17.1. The van der Waals surface area contributed by atoms with Crippen LogP contribution in [0.25, 0.3) is 21.9 Å². The smallest absolute Gasteiger partial charge is 0.204 e. The summed E-state index contributed by atoms with van der Waals surface area (Å²) in [7, 11) is 3.90. The highest BCUT2D eigenvalue weighted by atomic mass is 16.5. The first-order chi connectivity index (χ1) is 13.6. The topological polar surface area (TPSA) is 75.4 Å². The minimum absolute atomic E-state index is 0.149. The van der Waals surface area contributed by atoms with E-state index in [0.29, 0.717) is 67.4 Å². The maximum absolute atomic E-state index is 13.0. The lowest BCUT2D eigenvalue weighted by Crippen LogP contribution is -2.36. The molecule has 1 fully saturated rings. The Kier molecular flexibility index (Phi) is 5.11. The SMILES string of the molecule is CN(C)CCOc1c(N2CCOCC2)cc2oc3ccccc3c(=O)c2c1O. The van der Waals surface area contributed by atoms with Crippen molar-refractivity contribution in [1.29, 1.82) is 0 Å². The van der Waals surface area contributed by atoms with Crippen molar-refractivity contribution >= 4 is 27.6 Å². The first-order valence-electron chi connectivity index (χ1n) is 9.38. The highest BCUT2D eigenvalue weighted by molar-refractivity contribution is 5.97. The third kappa shape index (κ3) is 3.39. The van der Waals surface area contributed by atoms with Crippen molar-refractivity contribution in [1.82, 2.24) is 4.90 Å².